The number of oxazole rings is 1. The van der Waals surface area contributed by atoms with Crippen molar-refractivity contribution in [1.29, 1.82) is 0 Å². The molecule has 0 spiro atoms. The summed E-state index contributed by atoms with van der Waals surface area (Å²) in [6.07, 6.45) is 0.999. The van der Waals surface area contributed by atoms with Crippen LogP contribution in [0, 0.1) is 0 Å². The van der Waals surface area contributed by atoms with Gasteiger partial charge in [-0.15, -0.1) is 0 Å². The van der Waals surface area contributed by atoms with Crippen molar-refractivity contribution in [3.05, 3.63) is 66.4 Å². The highest BCUT2D eigenvalue weighted by atomic mass is 16.5. The Bertz CT molecular complexity index is 1010. The molecule has 1 amide bonds. The van der Waals surface area contributed by atoms with Crippen LogP contribution >= 0.6 is 0 Å². The fourth-order valence-corrected chi connectivity index (χ4v) is 3.38. The van der Waals surface area contributed by atoms with Gasteiger partial charge in [-0.25, -0.2) is 4.98 Å². The number of aliphatic carboxylic acids is 1. The Morgan fingerprint density at radius 3 is 2.66 bits per heavy atom. The number of carboxylic acid groups (broad SMARTS) is 1. The van der Waals surface area contributed by atoms with Gasteiger partial charge in [0.15, 0.2) is 5.76 Å². The number of aromatic nitrogens is 1. The molecule has 2 heterocycles. The van der Waals surface area contributed by atoms with Gasteiger partial charge in [-0.05, 0) is 12.1 Å². The van der Waals surface area contributed by atoms with Gasteiger partial charge in [-0.2, -0.15) is 0 Å². The van der Waals surface area contributed by atoms with Crippen molar-refractivity contribution in [3.8, 4) is 22.8 Å². The first-order chi connectivity index (χ1) is 14.1. The number of nitrogens with zero attached hydrogens (tertiary/aromatic N) is 2. The molecular weight excluding hydrogens is 372 g/mol. The first-order valence-corrected chi connectivity index (χ1v) is 9.35. The minimum Gasteiger partial charge on any atom is -0.481 e. The number of carboxylic acids is 1. The summed E-state index contributed by atoms with van der Waals surface area (Å²) in [4.78, 5) is 30.1. The molecule has 1 aromatic heterocycles. The molecule has 1 aliphatic rings. The van der Waals surface area contributed by atoms with E-state index in [9.17, 15) is 9.59 Å². The van der Waals surface area contributed by atoms with Gasteiger partial charge in [0, 0.05) is 24.2 Å². The van der Waals surface area contributed by atoms with Crippen molar-refractivity contribution in [2.45, 2.75) is 12.5 Å². The molecule has 1 aliphatic heterocycles. The molecule has 1 saturated heterocycles. The highest BCUT2D eigenvalue weighted by Gasteiger charge is 2.28. The SMILES string of the molecule is O=C(O)C[C@@H]1CN(C(=O)c2ccccc2-c2ncc(-c3ccccc3)o2)CCO1. The summed E-state index contributed by atoms with van der Waals surface area (Å²) in [6, 6.07) is 16.7. The number of carbonyl (C=O) groups excluding carboxylic acids is 1. The smallest absolute Gasteiger partial charge is 0.306 e. The van der Waals surface area contributed by atoms with E-state index in [1.165, 1.54) is 0 Å². The van der Waals surface area contributed by atoms with E-state index in [1.54, 1.807) is 29.3 Å². The maximum absolute atomic E-state index is 13.2. The standard InChI is InChI=1S/C22H20N2O5/c25-20(26)12-16-14-24(10-11-28-16)22(27)18-9-5-4-8-17(18)21-23-13-19(29-21)15-6-2-1-3-7-15/h1-9,13,16H,10-12,14H2,(H,25,26)/t16-/m1/s1. The van der Waals surface area contributed by atoms with Crippen LogP contribution in [0.1, 0.15) is 16.8 Å². The summed E-state index contributed by atoms with van der Waals surface area (Å²) in [5, 5.41) is 8.99. The van der Waals surface area contributed by atoms with E-state index in [4.69, 9.17) is 14.3 Å². The number of hydrogen-bond donors (Lipinski definition) is 1. The van der Waals surface area contributed by atoms with Gasteiger partial charge in [-0.1, -0.05) is 42.5 Å². The van der Waals surface area contributed by atoms with Crippen LogP contribution in [0.25, 0.3) is 22.8 Å². The molecule has 3 aromatic rings. The number of amides is 1. The molecule has 29 heavy (non-hydrogen) atoms. The van der Waals surface area contributed by atoms with Crippen LogP contribution in [0.4, 0.5) is 0 Å². The van der Waals surface area contributed by atoms with E-state index in [0.717, 1.165) is 5.56 Å². The van der Waals surface area contributed by atoms with Gasteiger partial charge < -0.3 is 19.2 Å². The quantitative estimate of drug-likeness (QED) is 0.716. The fourth-order valence-electron chi connectivity index (χ4n) is 3.38. The van der Waals surface area contributed by atoms with E-state index < -0.39 is 12.1 Å². The average Bonchev–Trinajstić information content (AvgIpc) is 3.24. The van der Waals surface area contributed by atoms with E-state index >= 15 is 0 Å². The number of benzene rings is 2. The Kier molecular flexibility index (Phi) is 5.39. The molecule has 0 aliphatic carbocycles. The molecule has 4 rings (SSSR count). The Balaban J connectivity index is 1.60. The molecule has 1 N–H and O–H groups in total. The van der Waals surface area contributed by atoms with Crippen LogP contribution < -0.4 is 0 Å². The lowest BCUT2D eigenvalue weighted by Gasteiger charge is -2.32. The van der Waals surface area contributed by atoms with Crippen LogP contribution in [0.3, 0.4) is 0 Å². The third-order valence-electron chi connectivity index (χ3n) is 4.78. The Labute approximate surface area is 167 Å². The van der Waals surface area contributed by atoms with Crippen LogP contribution in [-0.4, -0.2) is 52.7 Å². The van der Waals surface area contributed by atoms with Gasteiger partial charge in [0.05, 0.1) is 30.9 Å². The highest BCUT2D eigenvalue weighted by Crippen LogP contribution is 2.29. The van der Waals surface area contributed by atoms with Gasteiger partial charge >= 0.3 is 5.97 Å². The van der Waals surface area contributed by atoms with Crippen LogP contribution in [-0.2, 0) is 9.53 Å². The van der Waals surface area contributed by atoms with Crippen molar-refractivity contribution >= 4 is 11.9 Å². The molecule has 7 nitrogen and oxygen atoms in total. The lowest BCUT2D eigenvalue weighted by molar-refractivity contribution is -0.141. The third-order valence-corrected chi connectivity index (χ3v) is 4.78. The second kappa shape index (κ2) is 8.28. The lowest BCUT2D eigenvalue weighted by atomic mass is 10.1. The number of morpholine rings is 1. The zero-order valence-corrected chi connectivity index (χ0v) is 15.7. The monoisotopic (exact) mass is 392 g/mol. The molecule has 0 unspecified atom stereocenters. The number of rotatable bonds is 5. The van der Waals surface area contributed by atoms with E-state index in [1.807, 2.05) is 36.4 Å². The maximum Gasteiger partial charge on any atom is 0.306 e. The van der Waals surface area contributed by atoms with Crippen molar-refractivity contribution in [2.24, 2.45) is 0 Å². The fraction of sp³-hybridized carbons (Fsp3) is 0.227. The molecule has 2 aromatic carbocycles. The van der Waals surface area contributed by atoms with E-state index in [2.05, 4.69) is 4.98 Å². The highest BCUT2D eigenvalue weighted by molar-refractivity contribution is 6.00. The number of ether oxygens (including phenoxy) is 1. The molecule has 1 fully saturated rings. The van der Waals surface area contributed by atoms with Crippen LogP contribution in [0.2, 0.25) is 0 Å². The minimum absolute atomic E-state index is 0.133. The van der Waals surface area contributed by atoms with Gasteiger partial charge in [0.25, 0.3) is 5.91 Å². The van der Waals surface area contributed by atoms with Crippen molar-refractivity contribution in [1.82, 2.24) is 9.88 Å². The maximum atomic E-state index is 13.2. The summed E-state index contributed by atoms with van der Waals surface area (Å²) in [7, 11) is 0. The second-order valence-corrected chi connectivity index (χ2v) is 6.78. The molecule has 1 atom stereocenters. The van der Waals surface area contributed by atoms with Crippen LogP contribution in [0.5, 0.6) is 0 Å². The summed E-state index contributed by atoms with van der Waals surface area (Å²) >= 11 is 0. The third kappa shape index (κ3) is 4.20. The average molecular weight is 392 g/mol. The first-order valence-electron chi connectivity index (χ1n) is 9.35. The number of carbonyl (C=O) groups is 2. The van der Waals surface area contributed by atoms with Crippen molar-refractivity contribution < 1.29 is 23.8 Å². The Morgan fingerprint density at radius 1 is 1.10 bits per heavy atom. The minimum atomic E-state index is -0.946. The topological polar surface area (TPSA) is 92.9 Å². The predicted molar refractivity (Wildman–Crippen MR) is 105 cm³/mol. The van der Waals surface area contributed by atoms with Crippen molar-refractivity contribution in [2.75, 3.05) is 19.7 Å². The van der Waals surface area contributed by atoms with Crippen molar-refractivity contribution in [3.63, 3.8) is 0 Å². The molecular formula is C22H20N2O5. The normalized spacial score (nSPS) is 16.6. The molecule has 7 heteroatoms. The second-order valence-electron chi connectivity index (χ2n) is 6.78. The lowest BCUT2D eigenvalue weighted by Crippen LogP contribution is -2.46. The Morgan fingerprint density at radius 2 is 1.86 bits per heavy atom. The van der Waals surface area contributed by atoms with E-state index in [-0.39, 0.29) is 18.9 Å². The van der Waals surface area contributed by atoms with E-state index in [0.29, 0.717) is 35.9 Å². The number of hydrogen-bond acceptors (Lipinski definition) is 5. The summed E-state index contributed by atoms with van der Waals surface area (Å²) in [6.45, 7) is 0.952. The van der Waals surface area contributed by atoms with Crippen LogP contribution in [0.15, 0.2) is 65.2 Å². The summed E-state index contributed by atoms with van der Waals surface area (Å²) in [5.41, 5.74) is 1.96. The molecule has 0 bridgehead atoms. The van der Waals surface area contributed by atoms with Gasteiger partial charge in [0.2, 0.25) is 5.89 Å². The zero-order chi connectivity index (χ0) is 20.2. The predicted octanol–water partition coefficient (Wildman–Crippen LogP) is 3.32. The summed E-state index contributed by atoms with van der Waals surface area (Å²) < 4.78 is 11.4. The summed E-state index contributed by atoms with van der Waals surface area (Å²) in [5.74, 6) is -0.157. The molecule has 0 saturated carbocycles. The van der Waals surface area contributed by atoms with Gasteiger partial charge in [-0.3, -0.25) is 9.59 Å². The largest absolute Gasteiger partial charge is 0.481 e. The molecule has 0 radical (unpaired) electrons. The molecule has 148 valence electrons. The first kappa shape index (κ1) is 18.9. The zero-order valence-electron chi connectivity index (χ0n) is 15.7. The van der Waals surface area contributed by atoms with Gasteiger partial charge in [0.1, 0.15) is 0 Å². The Hall–Kier alpha value is -3.45.